The van der Waals surface area contributed by atoms with Gasteiger partial charge in [0.2, 0.25) is 0 Å². The van der Waals surface area contributed by atoms with Crippen molar-refractivity contribution >= 4 is 27.3 Å². The number of hydrogen-bond donors (Lipinski definition) is 1. The molecule has 1 heterocycles. The zero-order valence-electron chi connectivity index (χ0n) is 11.6. The Morgan fingerprint density at radius 3 is 2.53 bits per heavy atom. The molecule has 0 radical (unpaired) electrons. The maximum Gasteiger partial charge on any atom is 0.107 e. The summed E-state index contributed by atoms with van der Waals surface area (Å²) in [5, 5.41) is 0. The number of ether oxygens (including phenoxy) is 1. The van der Waals surface area contributed by atoms with Gasteiger partial charge in [-0.1, -0.05) is 32.6 Å². The molecule has 2 unspecified atom stereocenters. The van der Waals surface area contributed by atoms with Gasteiger partial charge in [0, 0.05) is 10.9 Å². The van der Waals surface area contributed by atoms with Gasteiger partial charge in [-0.15, -0.1) is 11.3 Å². The maximum atomic E-state index is 6.39. The minimum atomic E-state index is 0.0596. The Kier molecular flexibility index (Phi) is 6.33. The van der Waals surface area contributed by atoms with Gasteiger partial charge >= 0.3 is 0 Å². The van der Waals surface area contributed by atoms with Gasteiger partial charge in [-0.25, -0.2) is 0 Å². The molecule has 2 N–H and O–H groups in total. The molecule has 2 rings (SSSR count). The Bertz CT molecular complexity index is 374. The van der Waals surface area contributed by atoms with E-state index in [2.05, 4.69) is 35.0 Å². The third-order valence-corrected chi connectivity index (χ3v) is 5.56. The molecular weight excluding hydrogens is 322 g/mol. The summed E-state index contributed by atoms with van der Waals surface area (Å²) in [6.07, 6.45) is 9.10. The van der Waals surface area contributed by atoms with Gasteiger partial charge in [-0.2, -0.15) is 0 Å². The van der Waals surface area contributed by atoms with E-state index >= 15 is 0 Å². The Labute approximate surface area is 128 Å². The van der Waals surface area contributed by atoms with Crippen LogP contribution in [-0.2, 0) is 4.74 Å². The van der Waals surface area contributed by atoms with Crippen molar-refractivity contribution in [3.63, 3.8) is 0 Å². The summed E-state index contributed by atoms with van der Waals surface area (Å²) in [4.78, 5) is 1.26. The summed E-state index contributed by atoms with van der Waals surface area (Å²) in [7, 11) is 0. The standard InChI is InChI=1S/C15H24BrNOS/c1-2-12(17)15(13-9-10-14(16)19-13)18-11-7-5-3-4-6-8-11/h9-12,15H,2-8,17H2,1H3. The molecule has 1 aliphatic carbocycles. The predicted octanol–water partition coefficient (Wildman–Crippen LogP) is 5.03. The average molecular weight is 346 g/mol. The Morgan fingerprint density at radius 1 is 1.32 bits per heavy atom. The van der Waals surface area contributed by atoms with Crippen LogP contribution in [0.25, 0.3) is 0 Å². The predicted molar refractivity (Wildman–Crippen MR) is 85.6 cm³/mol. The monoisotopic (exact) mass is 345 g/mol. The van der Waals surface area contributed by atoms with Crippen molar-refractivity contribution in [2.75, 3.05) is 0 Å². The van der Waals surface area contributed by atoms with Gasteiger partial charge in [0.15, 0.2) is 0 Å². The molecule has 4 heteroatoms. The summed E-state index contributed by atoms with van der Waals surface area (Å²) in [6, 6.07) is 4.33. The minimum absolute atomic E-state index is 0.0596. The Hall–Kier alpha value is 0.1000. The van der Waals surface area contributed by atoms with Crippen LogP contribution in [0.2, 0.25) is 0 Å². The Balaban J connectivity index is 2.04. The first kappa shape index (κ1) is 15.5. The molecule has 0 amide bonds. The maximum absolute atomic E-state index is 6.39. The highest BCUT2D eigenvalue weighted by Crippen LogP contribution is 2.34. The first-order valence-corrected chi connectivity index (χ1v) is 8.98. The molecule has 1 saturated carbocycles. The van der Waals surface area contributed by atoms with Crippen LogP contribution in [0.1, 0.15) is 62.9 Å². The van der Waals surface area contributed by atoms with Gasteiger partial charge in [-0.05, 0) is 47.3 Å². The molecule has 0 aromatic carbocycles. The van der Waals surface area contributed by atoms with E-state index < -0.39 is 0 Å². The Morgan fingerprint density at radius 2 is 2.00 bits per heavy atom. The molecule has 0 bridgehead atoms. The van der Waals surface area contributed by atoms with Crippen LogP contribution >= 0.6 is 27.3 Å². The van der Waals surface area contributed by atoms with Crippen molar-refractivity contribution in [1.82, 2.24) is 0 Å². The van der Waals surface area contributed by atoms with Crippen molar-refractivity contribution < 1.29 is 4.74 Å². The van der Waals surface area contributed by atoms with Crippen LogP contribution in [0.15, 0.2) is 15.9 Å². The van der Waals surface area contributed by atoms with Crippen LogP contribution in [0.4, 0.5) is 0 Å². The number of hydrogen-bond acceptors (Lipinski definition) is 3. The summed E-state index contributed by atoms with van der Waals surface area (Å²) >= 11 is 5.28. The molecule has 0 saturated heterocycles. The highest BCUT2D eigenvalue weighted by atomic mass is 79.9. The largest absolute Gasteiger partial charge is 0.368 e. The second-order valence-corrected chi connectivity index (χ2v) is 7.88. The van der Waals surface area contributed by atoms with E-state index in [9.17, 15) is 0 Å². The third-order valence-electron chi connectivity index (χ3n) is 3.88. The van der Waals surface area contributed by atoms with E-state index in [1.807, 2.05) is 0 Å². The topological polar surface area (TPSA) is 35.2 Å². The average Bonchev–Trinajstić information content (AvgIpc) is 2.68. The summed E-state index contributed by atoms with van der Waals surface area (Å²) < 4.78 is 7.54. The first-order chi connectivity index (χ1) is 9.20. The van der Waals surface area contributed by atoms with E-state index in [4.69, 9.17) is 10.5 Å². The SMILES string of the molecule is CCC(N)C(OC1CCCCCC1)c1ccc(Br)s1. The summed E-state index contributed by atoms with van der Waals surface area (Å²) in [5.74, 6) is 0. The zero-order valence-corrected chi connectivity index (χ0v) is 14.0. The van der Waals surface area contributed by atoms with E-state index in [1.54, 1.807) is 11.3 Å². The van der Waals surface area contributed by atoms with E-state index in [0.29, 0.717) is 6.10 Å². The van der Waals surface area contributed by atoms with Crippen molar-refractivity contribution in [3.8, 4) is 0 Å². The minimum Gasteiger partial charge on any atom is -0.368 e. The van der Waals surface area contributed by atoms with Crippen molar-refractivity contribution in [2.24, 2.45) is 5.73 Å². The normalized spacial score (nSPS) is 21.0. The van der Waals surface area contributed by atoms with Crippen LogP contribution in [-0.4, -0.2) is 12.1 Å². The van der Waals surface area contributed by atoms with Crippen molar-refractivity contribution in [3.05, 3.63) is 20.8 Å². The summed E-state index contributed by atoms with van der Waals surface area (Å²) in [5.41, 5.74) is 6.28. The molecule has 2 nitrogen and oxygen atoms in total. The van der Waals surface area contributed by atoms with Crippen LogP contribution in [0, 0.1) is 0 Å². The molecule has 108 valence electrons. The van der Waals surface area contributed by atoms with Crippen LogP contribution < -0.4 is 5.73 Å². The van der Waals surface area contributed by atoms with E-state index in [1.165, 1.54) is 43.4 Å². The van der Waals surface area contributed by atoms with Crippen molar-refractivity contribution in [1.29, 1.82) is 0 Å². The molecule has 19 heavy (non-hydrogen) atoms. The van der Waals surface area contributed by atoms with Crippen LogP contribution in [0.5, 0.6) is 0 Å². The highest BCUT2D eigenvalue weighted by Gasteiger charge is 2.25. The van der Waals surface area contributed by atoms with Gasteiger partial charge in [0.05, 0.1) is 9.89 Å². The zero-order chi connectivity index (χ0) is 13.7. The molecule has 1 fully saturated rings. The molecule has 0 aliphatic heterocycles. The van der Waals surface area contributed by atoms with Gasteiger partial charge in [-0.3, -0.25) is 0 Å². The second kappa shape index (κ2) is 7.77. The lowest BCUT2D eigenvalue weighted by Gasteiger charge is -2.27. The van der Waals surface area contributed by atoms with E-state index in [0.717, 1.165) is 10.2 Å². The fourth-order valence-corrected chi connectivity index (χ4v) is 4.20. The number of nitrogens with two attached hydrogens (primary N) is 1. The van der Waals surface area contributed by atoms with Crippen molar-refractivity contribution in [2.45, 2.75) is 70.1 Å². The molecule has 2 atom stereocenters. The van der Waals surface area contributed by atoms with Gasteiger partial charge in [0.1, 0.15) is 6.10 Å². The first-order valence-electron chi connectivity index (χ1n) is 7.37. The fraction of sp³-hybridized carbons (Fsp3) is 0.733. The summed E-state index contributed by atoms with van der Waals surface area (Å²) in [6.45, 7) is 2.14. The lowest BCUT2D eigenvalue weighted by molar-refractivity contribution is -0.0323. The third kappa shape index (κ3) is 4.55. The number of thiophene rings is 1. The van der Waals surface area contributed by atoms with E-state index in [-0.39, 0.29) is 12.1 Å². The second-order valence-electron chi connectivity index (χ2n) is 5.38. The number of rotatable bonds is 5. The highest BCUT2D eigenvalue weighted by molar-refractivity contribution is 9.11. The number of halogens is 1. The lowest BCUT2D eigenvalue weighted by atomic mass is 10.1. The smallest absolute Gasteiger partial charge is 0.107 e. The molecule has 0 spiro atoms. The molecule has 1 aromatic heterocycles. The van der Waals surface area contributed by atoms with Gasteiger partial charge in [0.25, 0.3) is 0 Å². The molecular formula is C15H24BrNOS. The quantitative estimate of drug-likeness (QED) is 0.759. The molecule has 1 aliphatic rings. The van der Waals surface area contributed by atoms with Crippen LogP contribution in [0.3, 0.4) is 0 Å². The lowest BCUT2D eigenvalue weighted by Crippen LogP contribution is -2.32. The van der Waals surface area contributed by atoms with Gasteiger partial charge < -0.3 is 10.5 Å². The fourth-order valence-electron chi connectivity index (χ4n) is 2.66. The molecule has 1 aromatic rings.